The maximum Gasteiger partial charge on any atom is 0.332 e. The van der Waals surface area contributed by atoms with E-state index in [2.05, 4.69) is 5.32 Å². The second kappa shape index (κ2) is 5.83. The van der Waals surface area contributed by atoms with Gasteiger partial charge < -0.3 is 5.32 Å². The molecule has 2 aliphatic rings. The van der Waals surface area contributed by atoms with Crippen molar-refractivity contribution in [3.8, 4) is 0 Å². The van der Waals surface area contributed by atoms with Gasteiger partial charge in [0.1, 0.15) is 5.82 Å². The number of hydrogen-bond donors (Lipinski definition) is 1. The largest absolute Gasteiger partial charge is 0.344 e. The molecule has 0 spiro atoms. The average Bonchev–Trinajstić information content (AvgIpc) is 2.64. The van der Waals surface area contributed by atoms with Gasteiger partial charge >= 0.3 is 5.69 Å². The number of nitrogens with one attached hydrogen (secondary N) is 1. The second-order valence-corrected chi connectivity index (χ2v) is 7.11. The van der Waals surface area contributed by atoms with E-state index in [0.717, 1.165) is 34.2 Å². The number of rotatable bonds is 1. The molecule has 0 saturated carbocycles. The van der Waals surface area contributed by atoms with Crippen molar-refractivity contribution in [3.05, 3.63) is 73.1 Å². The predicted molar refractivity (Wildman–Crippen MR) is 99.5 cm³/mol. The van der Waals surface area contributed by atoms with Crippen LogP contribution < -0.4 is 16.6 Å². The van der Waals surface area contributed by atoms with Crippen molar-refractivity contribution in [2.45, 2.75) is 32.1 Å². The molecular weight excluding hydrogens is 330 g/mol. The molecule has 0 saturated heterocycles. The lowest BCUT2D eigenvalue weighted by molar-refractivity contribution is -0.116. The summed E-state index contributed by atoms with van der Waals surface area (Å²) in [6.45, 7) is 2.00. The van der Waals surface area contributed by atoms with Crippen LogP contribution in [0, 0.1) is 6.92 Å². The zero-order chi connectivity index (χ0) is 18.6. The van der Waals surface area contributed by atoms with Crippen LogP contribution in [0.25, 0.3) is 0 Å². The molecule has 134 valence electrons. The van der Waals surface area contributed by atoms with Crippen LogP contribution in [-0.2, 0) is 18.9 Å². The summed E-state index contributed by atoms with van der Waals surface area (Å²) in [6.07, 6.45) is 2.01. The molecule has 1 atom stereocenters. The van der Waals surface area contributed by atoms with Crippen molar-refractivity contribution in [3.63, 3.8) is 0 Å². The molecule has 1 aliphatic heterocycles. The van der Waals surface area contributed by atoms with Crippen LogP contribution in [0.1, 0.15) is 41.9 Å². The molecule has 4 rings (SSSR count). The minimum absolute atomic E-state index is 0.0749. The van der Waals surface area contributed by atoms with E-state index < -0.39 is 5.92 Å². The van der Waals surface area contributed by atoms with Gasteiger partial charge in [0.15, 0.2) is 5.78 Å². The Balaban J connectivity index is 2.08. The van der Waals surface area contributed by atoms with E-state index in [0.29, 0.717) is 23.4 Å². The molecule has 1 aromatic heterocycles. The molecule has 1 N–H and O–H groups in total. The van der Waals surface area contributed by atoms with Crippen molar-refractivity contribution >= 4 is 11.6 Å². The van der Waals surface area contributed by atoms with Crippen LogP contribution in [0.5, 0.6) is 0 Å². The third kappa shape index (κ3) is 2.29. The Morgan fingerprint density at radius 1 is 1.00 bits per heavy atom. The van der Waals surface area contributed by atoms with Gasteiger partial charge in [-0.15, -0.1) is 0 Å². The van der Waals surface area contributed by atoms with Crippen LogP contribution in [0.2, 0.25) is 0 Å². The lowest BCUT2D eigenvalue weighted by atomic mass is 9.76. The fraction of sp³-hybridized carbons (Fsp3) is 0.350. The van der Waals surface area contributed by atoms with Crippen molar-refractivity contribution in [2.75, 3.05) is 5.32 Å². The maximum atomic E-state index is 13.0. The normalized spacial score (nSPS) is 19.0. The van der Waals surface area contributed by atoms with E-state index in [1.807, 2.05) is 31.2 Å². The summed E-state index contributed by atoms with van der Waals surface area (Å²) in [7, 11) is 3.12. The van der Waals surface area contributed by atoms with Gasteiger partial charge in [-0.25, -0.2) is 4.79 Å². The Morgan fingerprint density at radius 2 is 1.69 bits per heavy atom. The molecular formula is C20H21N3O3. The quantitative estimate of drug-likeness (QED) is 0.852. The molecule has 0 unspecified atom stereocenters. The molecule has 0 fully saturated rings. The fourth-order valence-corrected chi connectivity index (χ4v) is 3.99. The summed E-state index contributed by atoms with van der Waals surface area (Å²) in [6, 6.07) is 7.90. The number of nitrogens with zero attached hydrogens (tertiary/aromatic N) is 2. The summed E-state index contributed by atoms with van der Waals surface area (Å²) in [4.78, 5) is 38.1. The standard InChI is InChI=1S/C20H21N3O3/c1-11-7-9-12(10-8-11)15-16-13(5-4-6-14(16)24)21-18-17(15)19(25)23(3)20(26)22(18)2/h7-10,15,21H,4-6H2,1-3H3/t15-/m1/s1. The van der Waals surface area contributed by atoms with Gasteiger partial charge in [0.2, 0.25) is 0 Å². The van der Waals surface area contributed by atoms with Gasteiger partial charge in [-0.1, -0.05) is 29.8 Å². The predicted octanol–water partition coefficient (Wildman–Crippen LogP) is 1.96. The number of hydrogen-bond acceptors (Lipinski definition) is 4. The number of fused-ring (bicyclic) bond motifs is 1. The first-order chi connectivity index (χ1) is 12.4. The van der Waals surface area contributed by atoms with E-state index in [1.165, 1.54) is 11.6 Å². The molecule has 6 nitrogen and oxygen atoms in total. The number of aryl methyl sites for hydroxylation is 1. The average molecular weight is 351 g/mol. The Labute approximate surface area is 150 Å². The number of carbonyl (C=O) groups excluding carboxylic acids is 1. The summed E-state index contributed by atoms with van der Waals surface area (Å²) in [5.41, 5.74) is 3.25. The van der Waals surface area contributed by atoms with Gasteiger partial charge in [-0.3, -0.25) is 18.7 Å². The van der Waals surface area contributed by atoms with E-state index in [-0.39, 0.29) is 17.0 Å². The molecule has 0 amide bonds. The van der Waals surface area contributed by atoms with Crippen molar-refractivity contribution in [2.24, 2.45) is 14.1 Å². The first kappa shape index (κ1) is 16.6. The monoisotopic (exact) mass is 351 g/mol. The lowest BCUT2D eigenvalue weighted by Crippen LogP contribution is -2.44. The van der Waals surface area contributed by atoms with Crippen LogP contribution in [0.4, 0.5) is 5.82 Å². The molecule has 26 heavy (non-hydrogen) atoms. The molecule has 0 radical (unpaired) electrons. The van der Waals surface area contributed by atoms with E-state index in [4.69, 9.17) is 0 Å². The Bertz CT molecular complexity index is 1070. The zero-order valence-electron chi connectivity index (χ0n) is 15.1. The molecule has 1 aromatic carbocycles. The highest BCUT2D eigenvalue weighted by atomic mass is 16.2. The number of benzene rings is 1. The van der Waals surface area contributed by atoms with Crippen LogP contribution >= 0.6 is 0 Å². The minimum Gasteiger partial charge on any atom is -0.344 e. The number of allylic oxidation sites excluding steroid dienone is 2. The molecule has 2 aromatic rings. The zero-order valence-corrected chi connectivity index (χ0v) is 15.1. The first-order valence-electron chi connectivity index (χ1n) is 8.80. The van der Waals surface area contributed by atoms with Gasteiger partial charge in [-0.05, 0) is 25.3 Å². The van der Waals surface area contributed by atoms with Gasteiger partial charge in [0.25, 0.3) is 5.56 Å². The highest BCUT2D eigenvalue weighted by Gasteiger charge is 2.38. The minimum atomic E-state index is -0.444. The van der Waals surface area contributed by atoms with Crippen LogP contribution in [0.15, 0.2) is 45.1 Å². The Hall–Kier alpha value is -2.89. The van der Waals surface area contributed by atoms with E-state index in [1.54, 1.807) is 7.05 Å². The summed E-state index contributed by atoms with van der Waals surface area (Å²) in [5.74, 6) is 0.128. The highest BCUT2D eigenvalue weighted by Crippen LogP contribution is 2.43. The number of carbonyl (C=O) groups is 1. The highest BCUT2D eigenvalue weighted by molar-refractivity contribution is 6.00. The summed E-state index contributed by atoms with van der Waals surface area (Å²) in [5, 5.41) is 3.23. The molecule has 0 bridgehead atoms. The molecule has 2 heterocycles. The number of Topliss-reactive ketones (excluding diaryl/α,β-unsaturated/α-hetero) is 1. The Kier molecular flexibility index (Phi) is 3.72. The third-order valence-corrected chi connectivity index (χ3v) is 5.41. The second-order valence-electron chi connectivity index (χ2n) is 7.11. The van der Waals surface area contributed by atoms with Crippen molar-refractivity contribution in [1.29, 1.82) is 0 Å². The first-order valence-corrected chi connectivity index (χ1v) is 8.80. The lowest BCUT2D eigenvalue weighted by Gasteiger charge is -2.34. The maximum absolute atomic E-state index is 13.0. The van der Waals surface area contributed by atoms with Gasteiger partial charge in [0, 0.05) is 37.7 Å². The smallest absolute Gasteiger partial charge is 0.332 e. The van der Waals surface area contributed by atoms with Crippen molar-refractivity contribution in [1.82, 2.24) is 9.13 Å². The molecule has 6 heteroatoms. The number of aromatic nitrogens is 2. The Morgan fingerprint density at radius 3 is 2.38 bits per heavy atom. The van der Waals surface area contributed by atoms with Gasteiger partial charge in [-0.2, -0.15) is 0 Å². The van der Waals surface area contributed by atoms with Gasteiger partial charge in [0.05, 0.1) is 5.56 Å². The summed E-state index contributed by atoms with van der Waals surface area (Å²) >= 11 is 0. The van der Waals surface area contributed by atoms with Crippen LogP contribution in [0.3, 0.4) is 0 Å². The SMILES string of the molecule is Cc1ccc([C@@H]2C3=C(CCCC3=O)Nc3c2c(=O)n(C)c(=O)n3C)cc1. The van der Waals surface area contributed by atoms with Crippen LogP contribution in [-0.4, -0.2) is 14.9 Å². The van der Waals surface area contributed by atoms with Crippen molar-refractivity contribution < 1.29 is 4.79 Å². The number of ketones is 1. The number of anilines is 1. The van der Waals surface area contributed by atoms with E-state index >= 15 is 0 Å². The topological polar surface area (TPSA) is 73.1 Å². The third-order valence-electron chi connectivity index (χ3n) is 5.41. The van der Waals surface area contributed by atoms with E-state index in [9.17, 15) is 14.4 Å². The fourth-order valence-electron chi connectivity index (χ4n) is 3.99. The summed E-state index contributed by atoms with van der Waals surface area (Å²) < 4.78 is 2.57. The molecule has 1 aliphatic carbocycles.